The summed E-state index contributed by atoms with van der Waals surface area (Å²) in [7, 11) is 0. The third-order valence-electron chi connectivity index (χ3n) is 4.54. The van der Waals surface area contributed by atoms with Crippen molar-refractivity contribution in [2.75, 3.05) is 6.61 Å². The van der Waals surface area contributed by atoms with Gasteiger partial charge in [0.25, 0.3) is 0 Å². The predicted octanol–water partition coefficient (Wildman–Crippen LogP) is 6.27. The van der Waals surface area contributed by atoms with Crippen LogP contribution in [0.2, 0.25) is 0 Å². The molecule has 0 radical (unpaired) electrons. The second-order valence-electron chi connectivity index (χ2n) is 6.33. The third-order valence-corrected chi connectivity index (χ3v) is 4.54. The minimum Gasteiger partial charge on any atom is -0.362 e. The van der Waals surface area contributed by atoms with Gasteiger partial charge < -0.3 is 4.74 Å². The Kier molecular flexibility index (Phi) is 5.66. The molecule has 2 aromatic rings. The van der Waals surface area contributed by atoms with Crippen molar-refractivity contribution >= 4 is 0 Å². The van der Waals surface area contributed by atoms with Crippen molar-refractivity contribution in [3.63, 3.8) is 0 Å². The summed E-state index contributed by atoms with van der Waals surface area (Å²) in [4.78, 5) is 0. The molecule has 0 N–H and O–H groups in total. The van der Waals surface area contributed by atoms with E-state index in [1.54, 1.807) is 0 Å². The monoisotopic (exact) mass is 318 g/mol. The number of rotatable bonds is 7. The second kappa shape index (κ2) is 8.12. The largest absolute Gasteiger partial charge is 0.362 e. The van der Waals surface area contributed by atoms with Crippen LogP contribution in [0.1, 0.15) is 38.2 Å². The minimum atomic E-state index is -0.402. The molecule has 0 heterocycles. The van der Waals surface area contributed by atoms with E-state index in [9.17, 15) is 0 Å². The fourth-order valence-electron chi connectivity index (χ4n) is 3.14. The Hall–Kier alpha value is -2.12. The van der Waals surface area contributed by atoms with Gasteiger partial charge in [0.1, 0.15) is 5.60 Å². The van der Waals surface area contributed by atoms with Gasteiger partial charge in [0.2, 0.25) is 0 Å². The van der Waals surface area contributed by atoms with Gasteiger partial charge in [0.15, 0.2) is 0 Å². The van der Waals surface area contributed by atoms with E-state index in [4.69, 9.17) is 4.74 Å². The highest BCUT2D eigenvalue weighted by Crippen LogP contribution is 2.33. The summed E-state index contributed by atoms with van der Waals surface area (Å²) in [5.41, 5.74) is 3.29. The van der Waals surface area contributed by atoms with Crippen LogP contribution in [0.25, 0.3) is 11.1 Å². The molecule has 1 nitrogen and oxygen atoms in total. The summed E-state index contributed by atoms with van der Waals surface area (Å²) in [6, 6.07) is 19.3. The van der Waals surface area contributed by atoms with Gasteiger partial charge in [-0.3, -0.25) is 0 Å². The molecule has 0 atom stereocenters. The van der Waals surface area contributed by atoms with Crippen molar-refractivity contribution in [2.45, 2.75) is 38.2 Å². The molecule has 0 aromatic heterocycles. The van der Waals surface area contributed by atoms with Gasteiger partial charge in [-0.1, -0.05) is 86.5 Å². The Labute approximate surface area is 145 Å². The van der Waals surface area contributed by atoms with Crippen molar-refractivity contribution < 1.29 is 4.74 Å². The zero-order chi connectivity index (χ0) is 16.7. The van der Waals surface area contributed by atoms with Crippen LogP contribution in [0, 0.1) is 0 Å². The van der Waals surface area contributed by atoms with Crippen LogP contribution in [0.5, 0.6) is 0 Å². The Morgan fingerprint density at radius 3 is 2.17 bits per heavy atom. The first-order valence-electron chi connectivity index (χ1n) is 8.99. The Morgan fingerprint density at radius 1 is 0.833 bits per heavy atom. The van der Waals surface area contributed by atoms with Gasteiger partial charge in [0, 0.05) is 6.61 Å². The third kappa shape index (κ3) is 3.85. The van der Waals surface area contributed by atoms with Gasteiger partial charge in [-0.05, 0) is 41.7 Å². The molecule has 0 spiro atoms. The van der Waals surface area contributed by atoms with E-state index in [0.717, 1.165) is 19.4 Å². The number of hydrogen-bond acceptors (Lipinski definition) is 1. The molecule has 0 saturated heterocycles. The topological polar surface area (TPSA) is 9.23 Å². The molecular formula is C23H26O. The van der Waals surface area contributed by atoms with Gasteiger partial charge in [-0.15, -0.1) is 0 Å². The number of unbranched alkanes of at least 4 members (excludes halogenated alkanes) is 2. The number of allylic oxidation sites excluding steroid dienone is 2. The van der Waals surface area contributed by atoms with E-state index in [1.165, 1.54) is 29.5 Å². The SMILES string of the molecule is CCCCCOC1(c2ccc(-c3ccccc3)cc2)C=CCC=C1. The second-order valence-corrected chi connectivity index (χ2v) is 6.33. The average molecular weight is 318 g/mol. The highest BCUT2D eigenvalue weighted by Gasteiger charge is 2.28. The summed E-state index contributed by atoms with van der Waals surface area (Å²) >= 11 is 0. The first kappa shape index (κ1) is 16.7. The molecule has 3 rings (SSSR count). The summed E-state index contributed by atoms with van der Waals surface area (Å²) in [6.07, 6.45) is 13.3. The maximum absolute atomic E-state index is 6.33. The van der Waals surface area contributed by atoms with E-state index >= 15 is 0 Å². The highest BCUT2D eigenvalue weighted by atomic mass is 16.5. The minimum absolute atomic E-state index is 0.402. The quantitative estimate of drug-likeness (QED) is 0.432. The molecule has 1 aliphatic rings. The molecular weight excluding hydrogens is 292 g/mol. The van der Waals surface area contributed by atoms with E-state index in [1.807, 2.05) is 0 Å². The summed E-state index contributed by atoms with van der Waals surface area (Å²) < 4.78 is 6.33. The molecule has 0 amide bonds. The van der Waals surface area contributed by atoms with Gasteiger partial charge >= 0.3 is 0 Å². The molecule has 1 heteroatoms. The fourth-order valence-corrected chi connectivity index (χ4v) is 3.14. The number of benzene rings is 2. The molecule has 0 aliphatic heterocycles. The van der Waals surface area contributed by atoms with E-state index in [0.29, 0.717) is 0 Å². The van der Waals surface area contributed by atoms with Crippen LogP contribution in [0.4, 0.5) is 0 Å². The Bertz CT molecular complexity index is 668. The summed E-state index contributed by atoms with van der Waals surface area (Å²) in [5, 5.41) is 0. The van der Waals surface area contributed by atoms with Crippen molar-refractivity contribution in [1.82, 2.24) is 0 Å². The van der Waals surface area contributed by atoms with Crippen LogP contribution in [0.15, 0.2) is 78.9 Å². The van der Waals surface area contributed by atoms with E-state index in [2.05, 4.69) is 85.8 Å². The molecule has 0 bridgehead atoms. The molecule has 24 heavy (non-hydrogen) atoms. The van der Waals surface area contributed by atoms with Gasteiger partial charge in [-0.2, -0.15) is 0 Å². The number of hydrogen-bond donors (Lipinski definition) is 0. The highest BCUT2D eigenvalue weighted by molar-refractivity contribution is 5.64. The Morgan fingerprint density at radius 2 is 1.50 bits per heavy atom. The number of ether oxygens (including phenoxy) is 1. The van der Waals surface area contributed by atoms with Crippen LogP contribution in [-0.4, -0.2) is 6.61 Å². The van der Waals surface area contributed by atoms with Crippen molar-refractivity contribution in [3.05, 3.63) is 84.5 Å². The standard InChI is InChI=1S/C23H26O/c1-2-3-10-19-24-23(17-8-5-9-18-23)22-15-13-21(14-16-22)20-11-6-4-7-12-20/h4,6-9,11-18H,2-3,5,10,19H2,1H3. The summed E-state index contributed by atoms with van der Waals surface area (Å²) in [6.45, 7) is 3.02. The molecule has 0 fully saturated rings. The maximum atomic E-state index is 6.33. The predicted molar refractivity (Wildman–Crippen MR) is 102 cm³/mol. The van der Waals surface area contributed by atoms with Crippen LogP contribution in [0.3, 0.4) is 0 Å². The lowest BCUT2D eigenvalue weighted by molar-refractivity contribution is 0.0214. The zero-order valence-corrected chi connectivity index (χ0v) is 14.4. The van der Waals surface area contributed by atoms with Crippen molar-refractivity contribution in [1.29, 1.82) is 0 Å². The van der Waals surface area contributed by atoms with E-state index in [-0.39, 0.29) is 0 Å². The lowest BCUT2D eigenvalue weighted by atomic mass is 9.88. The zero-order valence-electron chi connectivity index (χ0n) is 14.4. The van der Waals surface area contributed by atoms with Gasteiger partial charge in [0.05, 0.1) is 0 Å². The fraction of sp³-hybridized carbons (Fsp3) is 0.304. The first-order chi connectivity index (χ1) is 11.8. The maximum Gasteiger partial charge on any atom is 0.129 e. The smallest absolute Gasteiger partial charge is 0.129 e. The first-order valence-corrected chi connectivity index (χ1v) is 8.99. The molecule has 0 unspecified atom stereocenters. The van der Waals surface area contributed by atoms with Crippen LogP contribution in [-0.2, 0) is 10.3 Å². The van der Waals surface area contributed by atoms with Crippen molar-refractivity contribution in [3.8, 4) is 11.1 Å². The van der Waals surface area contributed by atoms with Crippen LogP contribution < -0.4 is 0 Å². The molecule has 2 aromatic carbocycles. The molecule has 1 aliphatic carbocycles. The molecule has 124 valence electrons. The van der Waals surface area contributed by atoms with E-state index < -0.39 is 5.60 Å². The van der Waals surface area contributed by atoms with Gasteiger partial charge in [-0.25, -0.2) is 0 Å². The lowest BCUT2D eigenvalue weighted by Crippen LogP contribution is -2.26. The lowest BCUT2D eigenvalue weighted by Gasteiger charge is -2.30. The van der Waals surface area contributed by atoms with Crippen LogP contribution >= 0.6 is 0 Å². The Balaban J connectivity index is 1.81. The molecule has 0 saturated carbocycles. The average Bonchev–Trinajstić information content (AvgIpc) is 2.67. The van der Waals surface area contributed by atoms with Crippen molar-refractivity contribution in [2.24, 2.45) is 0 Å². The summed E-state index contributed by atoms with van der Waals surface area (Å²) in [5.74, 6) is 0. The normalized spacial score (nSPS) is 15.5.